The van der Waals surface area contributed by atoms with Crippen LogP contribution < -0.4 is 17.2 Å². The molecule has 0 unspecified atom stereocenters. The second-order valence-corrected chi connectivity index (χ2v) is 5.80. The zero-order valence-electron chi connectivity index (χ0n) is 14.7. The highest BCUT2D eigenvalue weighted by molar-refractivity contribution is 5.70. The first-order valence-electron chi connectivity index (χ1n) is 8.32. The molecule has 0 saturated carbocycles. The third-order valence-electron chi connectivity index (χ3n) is 3.63. The average Bonchev–Trinajstić information content (AvgIpc) is 3.11. The van der Waals surface area contributed by atoms with Gasteiger partial charge in [0.15, 0.2) is 6.29 Å². The molecule has 0 spiro atoms. The van der Waals surface area contributed by atoms with Gasteiger partial charge < -0.3 is 17.2 Å². The maximum atomic E-state index is 13.6. The van der Waals surface area contributed by atoms with Crippen LogP contribution in [0.3, 0.4) is 0 Å². The molecule has 0 amide bonds. The summed E-state index contributed by atoms with van der Waals surface area (Å²) in [6.45, 7) is 0.628. The van der Waals surface area contributed by atoms with E-state index in [4.69, 9.17) is 17.2 Å². The second-order valence-electron chi connectivity index (χ2n) is 5.80. The Kier molecular flexibility index (Phi) is 7.14. The lowest BCUT2D eigenvalue weighted by Gasteiger charge is -2.03. The number of benzene rings is 1. The lowest BCUT2D eigenvalue weighted by molar-refractivity contribution is 0.111. The van der Waals surface area contributed by atoms with Gasteiger partial charge in [-0.05, 0) is 37.5 Å². The van der Waals surface area contributed by atoms with Crippen molar-refractivity contribution in [3.8, 4) is 11.8 Å². The predicted molar refractivity (Wildman–Crippen MR) is 100 cm³/mol. The molecule has 2 rings (SSSR count). The van der Waals surface area contributed by atoms with Gasteiger partial charge in [0.1, 0.15) is 17.3 Å². The molecule has 7 nitrogen and oxygen atoms in total. The number of allylic oxidation sites excluding steroid dienone is 3. The molecule has 0 aliphatic carbocycles. The number of nitrogens with two attached hydrogens (primary N) is 3. The van der Waals surface area contributed by atoms with Gasteiger partial charge in [-0.3, -0.25) is 9.48 Å². The van der Waals surface area contributed by atoms with Crippen LogP contribution in [-0.2, 0) is 6.54 Å². The number of halogens is 1. The highest BCUT2D eigenvalue weighted by Crippen LogP contribution is 2.09. The molecule has 27 heavy (non-hydrogen) atoms. The van der Waals surface area contributed by atoms with Crippen LogP contribution in [0.2, 0.25) is 0 Å². The number of aryl methyl sites for hydroxylation is 1. The summed E-state index contributed by atoms with van der Waals surface area (Å²) >= 11 is 0. The zero-order valence-corrected chi connectivity index (χ0v) is 14.7. The summed E-state index contributed by atoms with van der Waals surface area (Å²) < 4.78 is 15.2. The minimum absolute atomic E-state index is 0.0193. The molecule has 2 aromatic rings. The largest absolute Gasteiger partial charge is 0.402 e. The van der Waals surface area contributed by atoms with Gasteiger partial charge in [-0.2, -0.15) is 0 Å². The molecular formula is C19H21FN6O. The smallest absolute Gasteiger partial charge is 0.171 e. The van der Waals surface area contributed by atoms with E-state index >= 15 is 0 Å². The van der Waals surface area contributed by atoms with Crippen LogP contribution in [0.5, 0.6) is 0 Å². The van der Waals surface area contributed by atoms with Crippen molar-refractivity contribution >= 4 is 6.29 Å². The molecule has 140 valence electrons. The van der Waals surface area contributed by atoms with Crippen molar-refractivity contribution < 1.29 is 9.18 Å². The Morgan fingerprint density at radius 1 is 1.22 bits per heavy atom. The van der Waals surface area contributed by atoms with Crippen LogP contribution >= 0.6 is 0 Å². The minimum Gasteiger partial charge on any atom is -0.402 e. The van der Waals surface area contributed by atoms with Crippen molar-refractivity contribution in [2.24, 2.45) is 17.2 Å². The molecule has 6 N–H and O–H groups in total. The molecule has 0 radical (unpaired) electrons. The van der Waals surface area contributed by atoms with E-state index < -0.39 is 5.82 Å². The van der Waals surface area contributed by atoms with E-state index in [0.717, 1.165) is 12.8 Å². The highest BCUT2D eigenvalue weighted by atomic mass is 19.1. The number of nitrogens with zero attached hydrogens (tertiary/aromatic N) is 3. The maximum Gasteiger partial charge on any atom is 0.171 e. The molecular weight excluding hydrogens is 347 g/mol. The van der Waals surface area contributed by atoms with E-state index in [-0.39, 0.29) is 11.4 Å². The van der Waals surface area contributed by atoms with E-state index in [1.807, 2.05) is 0 Å². The van der Waals surface area contributed by atoms with Gasteiger partial charge in [0.25, 0.3) is 0 Å². The third kappa shape index (κ3) is 6.32. The fourth-order valence-corrected chi connectivity index (χ4v) is 2.23. The standard InChI is InChI=1S/C19H21FN6O/c20-18-7-2-1-5-14(18)8-9-15(19(22)23)11-16(21)6-3-4-10-26-12-17(13-27)24-25-26/h1-2,5,7,11-13H,3-4,6,10,21-23H2/b16-11-. The number of carbonyl (C=O) groups is 1. The predicted octanol–water partition coefficient (Wildman–Crippen LogP) is 1.42. The number of unbranched alkanes of at least 4 members (excludes halogenated alkanes) is 1. The van der Waals surface area contributed by atoms with Crippen LogP contribution in [0.1, 0.15) is 35.3 Å². The number of carbonyl (C=O) groups excluding carboxylic acids is 1. The fraction of sp³-hybridized carbons (Fsp3) is 0.211. The Bertz CT molecular complexity index is 916. The van der Waals surface area contributed by atoms with Crippen LogP contribution in [0.25, 0.3) is 0 Å². The van der Waals surface area contributed by atoms with Gasteiger partial charge in [-0.25, -0.2) is 4.39 Å². The zero-order chi connectivity index (χ0) is 19.6. The monoisotopic (exact) mass is 368 g/mol. The van der Waals surface area contributed by atoms with Gasteiger partial charge in [0.05, 0.1) is 17.3 Å². The first-order chi connectivity index (χ1) is 13.0. The molecule has 1 aromatic heterocycles. The molecule has 0 atom stereocenters. The molecule has 8 heteroatoms. The van der Waals surface area contributed by atoms with E-state index in [2.05, 4.69) is 22.2 Å². The van der Waals surface area contributed by atoms with Crippen LogP contribution in [0, 0.1) is 17.7 Å². The van der Waals surface area contributed by atoms with E-state index in [0.29, 0.717) is 36.2 Å². The summed E-state index contributed by atoms with van der Waals surface area (Å²) in [5, 5.41) is 7.53. The molecule has 0 aliphatic rings. The third-order valence-corrected chi connectivity index (χ3v) is 3.63. The van der Waals surface area contributed by atoms with Gasteiger partial charge in [-0.15, -0.1) is 5.10 Å². The Hall–Kier alpha value is -3.60. The highest BCUT2D eigenvalue weighted by Gasteiger charge is 2.01. The summed E-state index contributed by atoms with van der Waals surface area (Å²) in [4.78, 5) is 10.6. The SMILES string of the molecule is NC(N)=C(C#Cc1ccccc1F)/C=C(\N)CCCCn1cc(C=O)nn1. The first kappa shape index (κ1) is 19.7. The van der Waals surface area contributed by atoms with Crippen molar-refractivity contribution in [3.63, 3.8) is 0 Å². The van der Waals surface area contributed by atoms with E-state index in [1.165, 1.54) is 6.07 Å². The Balaban J connectivity index is 1.92. The summed E-state index contributed by atoms with van der Waals surface area (Å²) in [5.74, 6) is 5.07. The minimum atomic E-state index is -0.414. The van der Waals surface area contributed by atoms with Crippen molar-refractivity contribution in [1.82, 2.24) is 15.0 Å². The summed E-state index contributed by atoms with van der Waals surface area (Å²) in [6.07, 6.45) is 6.03. The number of aromatic nitrogens is 3. The maximum absolute atomic E-state index is 13.6. The van der Waals surface area contributed by atoms with E-state index in [9.17, 15) is 9.18 Å². The van der Waals surface area contributed by atoms with Crippen LogP contribution in [-0.4, -0.2) is 21.3 Å². The Morgan fingerprint density at radius 3 is 2.67 bits per heavy atom. The molecule has 1 heterocycles. The normalized spacial score (nSPS) is 10.8. The lowest BCUT2D eigenvalue weighted by Crippen LogP contribution is -2.12. The lowest BCUT2D eigenvalue weighted by atomic mass is 10.1. The topological polar surface area (TPSA) is 126 Å². The number of aldehydes is 1. The Morgan fingerprint density at radius 2 is 2.00 bits per heavy atom. The molecule has 0 bridgehead atoms. The van der Waals surface area contributed by atoms with Crippen molar-refractivity contribution in [2.45, 2.75) is 25.8 Å². The first-order valence-corrected chi connectivity index (χ1v) is 8.32. The molecule has 1 aromatic carbocycles. The van der Waals surface area contributed by atoms with Crippen molar-refractivity contribution in [1.29, 1.82) is 0 Å². The Labute approximate surface area is 156 Å². The van der Waals surface area contributed by atoms with E-state index in [1.54, 1.807) is 35.2 Å². The molecule has 0 fully saturated rings. The van der Waals surface area contributed by atoms with Crippen molar-refractivity contribution in [3.05, 3.63) is 70.7 Å². The van der Waals surface area contributed by atoms with Crippen LogP contribution in [0.4, 0.5) is 4.39 Å². The quantitative estimate of drug-likeness (QED) is 0.294. The van der Waals surface area contributed by atoms with Gasteiger partial charge >= 0.3 is 0 Å². The summed E-state index contributed by atoms with van der Waals surface area (Å²) in [6, 6.07) is 6.18. The number of hydrogen-bond acceptors (Lipinski definition) is 6. The van der Waals surface area contributed by atoms with Crippen LogP contribution in [0.15, 0.2) is 53.6 Å². The second kappa shape index (κ2) is 9.77. The van der Waals surface area contributed by atoms with Gasteiger partial charge in [0, 0.05) is 12.2 Å². The number of hydrogen-bond donors (Lipinski definition) is 3. The number of rotatable bonds is 7. The van der Waals surface area contributed by atoms with Gasteiger partial charge in [0.2, 0.25) is 0 Å². The molecule has 0 saturated heterocycles. The molecule has 0 aliphatic heterocycles. The fourth-order valence-electron chi connectivity index (χ4n) is 2.23. The summed E-state index contributed by atoms with van der Waals surface area (Å²) in [7, 11) is 0. The van der Waals surface area contributed by atoms with Crippen molar-refractivity contribution in [2.75, 3.05) is 0 Å². The summed E-state index contributed by atoms with van der Waals surface area (Å²) in [5.41, 5.74) is 18.8. The average molecular weight is 368 g/mol. The van der Waals surface area contributed by atoms with Gasteiger partial charge in [-0.1, -0.05) is 29.2 Å².